The Morgan fingerprint density at radius 3 is 2.73 bits per heavy atom. The van der Waals surface area contributed by atoms with Crippen LogP contribution in [0.25, 0.3) is 0 Å². The van der Waals surface area contributed by atoms with Crippen LogP contribution in [-0.4, -0.2) is 17.2 Å². The summed E-state index contributed by atoms with van der Waals surface area (Å²) in [6.07, 6.45) is 1.99. The zero-order valence-electron chi connectivity index (χ0n) is 8.01. The Balaban J connectivity index is 2.57. The monoisotopic (exact) mass is 280 g/mol. The summed E-state index contributed by atoms with van der Waals surface area (Å²) in [5.41, 5.74) is 0.822. The average molecular weight is 281 g/mol. The van der Waals surface area contributed by atoms with Crippen molar-refractivity contribution >= 4 is 58.0 Å². The maximum atomic E-state index is 5.86. The van der Waals surface area contributed by atoms with E-state index in [1.807, 2.05) is 12.3 Å². The van der Waals surface area contributed by atoms with Gasteiger partial charge in [0.25, 0.3) is 0 Å². The third kappa shape index (κ3) is 4.47. The van der Waals surface area contributed by atoms with Gasteiger partial charge in [-0.1, -0.05) is 23.2 Å². The molecule has 0 fully saturated rings. The Labute approximate surface area is 109 Å². The van der Waals surface area contributed by atoms with Gasteiger partial charge in [-0.25, -0.2) is 0 Å². The van der Waals surface area contributed by atoms with E-state index in [1.165, 1.54) is 0 Å². The maximum absolute atomic E-state index is 5.86. The number of nitrogens with one attached hydrogen (secondary N) is 2. The van der Waals surface area contributed by atoms with Gasteiger partial charge in [0.1, 0.15) is 0 Å². The smallest absolute Gasteiger partial charge is 0.171 e. The lowest BCUT2D eigenvalue weighted by Gasteiger charge is -2.09. The van der Waals surface area contributed by atoms with Gasteiger partial charge in [-0.3, -0.25) is 0 Å². The van der Waals surface area contributed by atoms with Crippen LogP contribution in [0.4, 0.5) is 5.69 Å². The van der Waals surface area contributed by atoms with Crippen LogP contribution in [0, 0.1) is 0 Å². The SMILES string of the molecule is CSCNC(=S)Nc1ccc(Cl)c(Cl)c1. The van der Waals surface area contributed by atoms with E-state index in [1.54, 1.807) is 23.9 Å². The van der Waals surface area contributed by atoms with E-state index in [0.29, 0.717) is 15.2 Å². The van der Waals surface area contributed by atoms with E-state index < -0.39 is 0 Å². The van der Waals surface area contributed by atoms with E-state index in [0.717, 1.165) is 11.6 Å². The number of rotatable bonds is 3. The molecule has 1 aromatic rings. The summed E-state index contributed by atoms with van der Waals surface area (Å²) in [6, 6.07) is 5.28. The van der Waals surface area contributed by atoms with Crippen molar-refractivity contribution in [1.29, 1.82) is 0 Å². The Hall–Kier alpha value is -0.160. The first kappa shape index (κ1) is 12.9. The van der Waals surface area contributed by atoms with Gasteiger partial charge in [-0.05, 0) is 36.7 Å². The molecule has 0 unspecified atom stereocenters. The molecule has 0 radical (unpaired) electrons. The van der Waals surface area contributed by atoms with Gasteiger partial charge in [0.15, 0.2) is 5.11 Å². The lowest BCUT2D eigenvalue weighted by atomic mass is 10.3. The molecular formula is C9H10Cl2N2S2. The molecule has 0 saturated carbocycles. The summed E-state index contributed by atoms with van der Waals surface area (Å²) in [7, 11) is 0. The van der Waals surface area contributed by atoms with Gasteiger partial charge >= 0.3 is 0 Å². The molecule has 1 rings (SSSR count). The molecule has 0 heterocycles. The Bertz CT molecular complexity index is 358. The molecule has 2 N–H and O–H groups in total. The van der Waals surface area contributed by atoms with E-state index >= 15 is 0 Å². The van der Waals surface area contributed by atoms with Crippen LogP contribution in [0.15, 0.2) is 18.2 Å². The fourth-order valence-corrected chi connectivity index (χ4v) is 1.76. The molecule has 0 bridgehead atoms. The number of hydrogen-bond donors (Lipinski definition) is 2. The second-order valence-corrected chi connectivity index (χ2v) is 4.78. The summed E-state index contributed by atoms with van der Waals surface area (Å²) in [4.78, 5) is 0. The molecule has 0 spiro atoms. The molecule has 15 heavy (non-hydrogen) atoms. The van der Waals surface area contributed by atoms with Gasteiger partial charge < -0.3 is 10.6 Å². The number of benzene rings is 1. The Kier molecular flexibility index (Phi) is 5.53. The lowest BCUT2D eigenvalue weighted by Crippen LogP contribution is -2.27. The minimum atomic E-state index is 0.509. The van der Waals surface area contributed by atoms with E-state index in [2.05, 4.69) is 10.6 Å². The predicted molar refractivity (Wildman–Crippen MR) is 74.2 cm³/mol. The molecule has 1 aromatic carbocycles. The highest BCUT2D eigenvalue weighted by Gasteiger charge is 2.00. The molecule has 0 saturated heterocycles. The van der Waals surface area contributed by atoms with Gasteiger partial charge in [-0.2, -0.15) is 0 Å². The van der Waals surface area contributed by atoms with Crippen LogP contribution < -0.4 is 10.6 Å². The van der Waals surface area contributed by atoms with Gasteiger partial charge in [0, 0.05) is 5.69 Å². The number of thioether (sulfide) groups is 1. The van der Waals surface area contributed by atoms with Crippen molar-refractivity contribution in [1.82, 2.24) is 5.32 Å². The molecule has 0 amide bonds. The first-order valence-electron chi connectivity index (χ1n) is 4.12. The van der Waals surface area contributed by atoms with Crippen molar-refractivity contribution in [2.75, 3.05) is 17.4 Å². The Morgan fingerprint density at radius 1 is 1.40 bits per heavy atom. The largest absolute Gasteiger partial charge is 0.353 e. The van der Waals surface area contributed by atoms with Gasteiger partial charge in [0.2, 0.25) is 0 Å². The molecule has 0 aliphatic rings. The van der Waals surface area contributed by atoms with Crippen LogP contribution in [0.5, 0.6) is 0 Å². The third-order valence-electron chi connectivity index (χ3n) is 1.55. The van der Waals surface area contributed by atoms with Crippen LogP contribution in [0.3, 0.4) is 0 Å². The summed E-state index contributed by atoms with van der Waals surface area (Å²) < 4.78 is 0. The highest BCUT2D eigenvalue weighted by atomic mass is 35.5. The van der Waals surface area contributed by atoms with Crippen LogP contribution >= 0.6 is 47.2 Å². The fraction of sp³-hybridized carbons (Fsp3) is 0.222. The standard InChI is InChI=1S/C9H10Cl2N2S2/c1-15-5-12-9(14)13-6-2-3-7(10)8(11)4-6/h2-4H,5H2,1H3,(H2,12,13,14). The normalized spacial score (nSPS) is 9.80. The molecule has 6 heteroatoms. The molecule has 2 nitrogen and oxygen atoms in total. The summed E-state index contributed by atoms with van der Waals surface area (Å²) >= 11 is 18.4. The first-order valence-corrected chi connectivity index (χ1v) is 6.68. The molecule has 0 atom stereocenters. The minimum absolute atomic E-state index is 0.509. The van der Waals surface area contributed by atoms with Crippen LogP contribution in [-0.2, 0) is 0 Å². The fourth-order valence-electron chi connectivity index (χ4n) is 0.887. The predicted octanol–water partition coefficient (Wildman–Crippen LogP) is 3.60. The second kappa shape index (κ2) is 6.43. The van der Waals surface area contributed by atoms with Gasteiger partial charge in [0.05, 0.1) is 15.9 Å². The van der Waals surface area contributed by atoms with Crippen molar-refractivity contribution in [3.8, 4) is 0 Å². The number of halogens is 2. The highest BCUT2D eigenvalue weighted by molar-refractivity contribution is 7.98. The summed E-state index contributed by atoms with van der Waals surface area (Å²) in [5.74, 6) is 0.771. The third-order valence-corrected chi connectivity index (χ3v) is 2.97. The van der Waals surface area contributed by atoms with Crippen LogP contribution in [0.2, 0.25) is 10.0 Å². The number of hydrogen-bond acceptors (Lipinski definition) is 2. The quantitative estimate of drug-likeness (QED) is 0.653. The second-order valence-electron chi connectivity index (χ2n) is 2.69. The Morgan fingerprint density at radius 2 is 2.13 bits per heavy atom. The molecular weight excluding hydrogens is 271 g/mol. The maximum Gasteiger partial charge on any atom is 0.171 e. The lowest BCUT2D eigenvalue weighted by molar-refractivity contribution is 1.15. The minimum Gasteiger partial charge on any atom is -0.353 e. The topological polar surface area (TPSA) is 24.1 Å². The van der Waals surface area contributed by atoms with Crippen molar-refractivity contribution in [3.63, 3.8) is 0 Å². The van der Waals surface area contributed by atoms with Gasteiger partial charge in [-0.15, -0.1) is 11.8 Å². The first-order chi connectivity index (χ1) is 7.13. The zero-order valence-corrected chi connectivity index (χ0v) is 11.2. The molecule has 0 aliphatic heterocycles. The summed E-state index contributed by atoms with van der Waals surface area (Å²) in [6.45, 7) is 0. The molecule has 82 valence electrons. The van der Waals surface area contributed by atoms with E-state index in [9.17, 15) is 0 Å². The van der Waals surface area contributed by atoms with Crippen molar-refractivity contribution < 1.29 is 0 Å². The van der Waals surface area contributed by atoms with E-state index in [4.69, 9.17) is 35.4 Å². The van der Waals surface area contributed by atoms with E-state index in [-0.39, 0.29) is 0 Å². The van der Waals surface area contributed by atoms with Crippen LogP contribution in [0.1, 0.15) is 0 Å². The zero-order chi connectivity index (χ0) is 11.3. The van der Waals surface area contributed by atoms with Crippen molar-refractivity contribution in [3.05, 3.63) is 28.2 Å². The summed E-state index contributed by atoms with van der Waals surface area (Å²) in [5, 5.41) is 7.64. The molecule has 0 aliphatic carbocycles. The number of thiocarbonyl (C=S) groups is 1. The highest BCUT2D eigenvalue weighted by Crippen LogP contribution is 2.24. The van der Waals surface area contributed by atoms with Crippen molar-refractivity contribution in [2.45, 2.75) is 0 Å². The molecule has 0 aromatic heterocycles. The number of anilines is 1. The average Bonchev–Trinajstić information content (AvgIpc) is 2.20. The van der Waals surface area contributed by atoms with Crippen molar-refractivity contribution in [2.24, 2.45) is 0 Å².